The Kier molecular flexibility index (Phi) is 4.42. The van der Waals surface area contributed by atoms with Crippen molar-refractivity contribution < 1.29 is 19.0 Å². The van der Waals surface area contributed by atoms with E-state index in [2.05, 4.69) is 5.92 Å². The lowest BCUT2D eigenvalue weighted by Gasteiger charge is -2.48. The molecule has 25 heavy (non-hydrogen) atoms. The highest BCUT2D eigenvalue weighted by atomic mass is 16.6. The van der Waals surface area contributed by atoms with E-state index >= 15 is 0 Å². The summed E-state index contributed by atoms with van der Waals surface area (Å²) in [4.78, 5) is 14.7. The van der Waals surface area contributed by atoms with Crippen LogP contribution in [0.1, 0.15) is 38.3 Å². The highest BCUT2D eigenvalue weighted by Gasteiger charge is 2.52. The number of ether oxygens (including phenoxy) is 3. The molecule has 5 nitrogen and oxygen atoms in total. The second kappa shape index (κ2) is 6.27. The number of hydrogen-bond donors (Lipinski definition) is 0. The van der Waals surface area contributed by atoms with Gasteiger partial charge in [-0.05, 0) is 56.9 Å². The lowest BCUT2D eigenvalue weighted by molar-refractivity contribution is -0.0940. The third-order valence-electron chi connectivity index (χ3n) is 4.79. The summed E-state index contributed by atoms with van der Waals surface area (Å²) >= 11 is 0. The molecular weight excluding hydrogens is 318 g/mol. The molecule has 0 aromatic heterocycles. The Morgan fingerprint density at radius 1 is 1.44 bits per heavy atom. The number of terminal acetylenes is 1. The molecule has 1 aromatic carbocycles. The van der Waals surface area contributed by atoms with E-state index in [9.17, 15) is 4.79 Å². The van der Waals surface area contributed by atoms with E-state index in [0.29, 0.717) is 13.2 Å². The van der Waals surface area contributed by atoms with Crippen LogP contribution in [0.2, 0.25) is 0 Å². The van der Waals surface area contributed by atoms with Crippen LogP contribution in [0.25, 0.3) is 0 Å². The van der Waals surface area contributed by atoms with Crippen molar-refractivity contribution in [3.8, 4) is 18.1 Å². The molecular formula is C20H25NO4. The zero-order chi connectivity index (χ0) is 18.2. The molecule has 1 fully saturated rings. The van der Waals surface area contributed by atoms with Crippen molar-refractivity contribution >= 4 is 6.09 Å². The molecule has 1 heterocycles. The number of nitrogens with zero attached hydrogens (tertiary/aromatic N) is 1. The van der Waals surface area contributed by atoms with Crippen molar-refractivity contribution in [1.29, 1.82) is 0 Å². The first kappa shape index (κ1) is 17.6. The third kappa shape index (κ3) is 3.07. The summed E-state index contributed by atoms with van der Waals surface area (Å²) in [6.07, 6.45) is 6.92. The molecule has 134 valence electrons. The molecule has 2 atom stereocenters. The van der Waals surface area contributed by atoms with Crippen LogP contribution in [-0.4, -0.2) is 43.0 Å². The van der Waals surface area contributed by atoms with Crippen molar-refractivity contribution in [3.63, 3.8) is 0 Å². The van der Waals surface area contributed by atoms with Crippen molar-refractivity contribution in [2.75, 3.05) is 20.3 Å². The highest BCUT2D eigenvalue weighted by molar-refractivity contribution is 5.72. The predicted molar refractivity (Wildman–Crippen MR) is 94.5 cm³/mol. The molecule has 0 N–H and O–H groups in total. The summed E-state index contributed by atoms with van der Waals surface area (Å²) in [6, 6.07) is 5.51. The Balaban J connectivity index is 2.04. The summed E-state index contributed by atoms with van der Waals surface area (Å²) in [5.41, 5.74) is 1.06. The van der Waals surface area contributed by atoms with Gasteiger partial charge in [-0.3, -0.25) is 4.90 Å². The number of carbonyl (C=O) groups is 1. The minimum Gasteiger partial charge on any atom is -0.497 e. The average molecular weight is 343 g/mol. The first-order valence-corrected chi connectivity index (χ1v) is 8.54. The average Bonchev–Trinajstić information content (AvgIpc) is 2.91. The molecule has 5 heteroatoms. The molecule has 1 aromatic rings. The fraction of sp³-hybridized carbons (Fsp3) is 0.550. The standard InChI is InChI=1S/C20H25NO4/c1-6-15-12-24-13-20(21(15)18(22)25-19(2,3)4)10-9-14-11-16(23-5)7-8-17(14)20/h1,7-8,11,15H,9-10,12-13H2,2-5H3. The second-order valence-corrected chi connectivity index (χ2v) is 7.60. The number of amides is 1. The van der Waals surface area contributed by atoms with Crippen molar-refractivity contribution in [3.05, 3.63) is 29.3 Å². The number of fused-ring (bicyclic) bond motifs is 2. The summed E-state index contributed by atoms with van der Waals surface area (Å²) < 4.78 is 16.8. The van der Waals surface area contributed by atoms with Crippen LogP contribution < -0.4 is 4.74 Å². The summed E-state index contributed by atoms with van der Waals surface area (Å²) in [7, 11) is 1.65. The molecule has 0 bridgehead atoms. The summed E-state index contributed by atoms with van der Waals surface area (Å²) in [6.45, 7) is 6.32. The van der Waals surface area contributed by atoms with Crippen LogP contribution >= 0.6 is 0 Å². The number of rotatable bonds is 1. The Morgan fingerprint density at radius 3 is 2.84 bits per heavy atom. The van der Waals surface area contributed by atoms with Gasteiger partial charge in [0.15, 0.2) is 0 Å². The van der Waals surface area contributed by atoms with Gasteiger partial charge in [0, 0.05) is 0 Å². The minimum atomic E-state index is -0.586. The van der Waals surface area contributed by atoms with E-state index < -0.39 is 17.2 Å². The van der Waals surface area contributed by atoms with Crippen molar-refractivity contribution in [2.24, 2.45) is 0 Å². The van der Waals surface area contributed by atoms with Crippen molar-refractivity contribution in [2.45, 2.75) is 50.8 Å². The van der Waals surface area contributed by atoms with Crippen LogP contribution in [-0.2, 0) is 21.4 Å². The normalized spacial score (nSPS) is 25.4. The maximum atomic E-state index is 13.0. The van der Waals surface area contributed by atoms with E-state index in [0.717, 1.165) is 29.7 Å². The van der Waals surface area contributed by atoms with Gasteiger partial charge in [-0.1, -0.05) is 12.0 Å². The maximum absolute atomic E-state index is 13.0. The van der Waals surface area contributed by atoms with Gasteiger partial charge in [0.25, 0.3) is 0 Å². The molecule has 2 aliphatic rings. The van der Waals surface area contributed by atoms with Gasteiger partial charge < -0.3 is 14.2 Å². The quantitative estimate of drug-likeness (QED) is 0.735. The first-order valence-electron chi connectivity index (χ1n) is 8.54. The number of benzene rings is 1. The Labute approximate surface area is 149 Å². The lowest BCUT2D eigenvalue weighted by Crippen LogP contribution is -2.61. The Bertz CT molecular complexity index is 715. The number of carbonyl (C=O) groups excluding carboxylic acids is 1. The van der Waals surface area contributed by atoms with E-state index in [1.807, 2.05) is 39.0 Å². The van der Waals surface area contributed by atoms with Gasteiger partial charge >= 0.3 is 6.09 Å². The molecule has 1 aliphatic carbocycles. The summed E-state index contributed by atoms with van der Waals surface area (Å²) in [5, 5.41) is 0. The number of hydrogen-bond acceptors (Lipinski definition) is 4. The molecule has 1 spiro atoms. The number of aryl methyl sites for hydroxylation is 1. The molecule has 3 rings (SSSR count). The molecule has 0 radical (unpaired) electrons. The minimum absolute atomic E-state index is 0.322. The van der Waals surface area contributed by atoms with Crippen molar-refractivity contribution in [1.82, 2.24) is 4.90 Å². The fourth-order valence-electron chi connectivity index (χ4n) is 3.75. The van der Waals surface area contributed by atoms with Gasteiger partial charge in [-0.15, -0.1) is 6.42 Å². The number of morpholine rings is 1. The molecule has 2 unspecified atom stereocenters. The smallest absolute Gasteiger partial charge is 0.412 e. The van der Waals surface area contributed by atoms with Crippen LogP contribution in [0.4, 0.5) is 4.79 Å². The SMILES string of the molecule is C#CC1COCC2(CCc3cc(OC)ccc32)N1C(=O)OC(C)(C)C. The first-order chi connectivity index (χ1) is 11.8. The van der Waals surface area contributed by atoms with E-state index in [-0.39, 0.29) is 6.09 Å². The largest absolute Gasteiger partial charge is 0.497 e. The van der Waals surface area contributed by atoms with Crippen LogP contribution in [0.5, 0.6) is 5.75 Å². The van der Waals surface area contributed by atoms with Gasteiger partial charge in [0.05, 0.1) is 25.9 Å². The number of methoxy groups -OCH3 is 1. The Hall–Kier alpha value is -2.19. The van der Waals surface area contributed by atoms with Crippen LogP contribution in [0, 0.1) is 12.3 Å². The zero-order valence-electron chi connectivity index (χ0n) is 15.3. The summed E-state index contributed by atoms with van der Waals surface area (Å²) in [5.74, 6) is 3.51. The Morgan fingerprint density at radius 2 is 2.20 bits per heavy atom. The van der Waals surface area contributed by atoms with E-state index in [1.54, 1.807) is 12.0 Å². The molecule has 1 amide bonds. The lowest BCUT2D eigenvalue weighted by atomic mass is 9.88. The third-order valence-corrected chi connectivity index (χ3v) is 4.79. The van der Waals surface area contributed by atoms with Gasteiger partial charge in [0.2, 0.25) is 0 Å². The molecule has 0 saturated carbocycles. The topological polar surface area (TPSA) is 48.0 Å². The zero-order valence-corrected chi connectivity index (χ0v) is 15.3. The highest BCUT2D eigenvalue weighted by Crippen LogP contribution is 2.46. The fourth-order valence-corrected chi connectivity index (χ4v) is 3.75. The molecule has 1 saturated heterocycles. The second-order valence-electron chi connectivity index (χ2n) is 7.60. The van der Waals surface area contributed by atoms with E-state index in [4.69, 9.17) is 20.6 Å². The maximum Gasteiger partial charge on any atom is 0.412 e. The van der Waals surface area contributed by atoms with Crippen LogP contribution in [0.15, 0.2) is 18.2 Å². The van der Waals surface area contributed by atoms with E-state index in [1.165, 1.54) is 0 Å². The monoisotopic (exact) mass is 343 g/mol. The molecule has 1 aliphatic heterocycles. The predicted octanol–water partition coefficient (Wildman–Crippen LogP) is 3.11. The van der Waals surface area contributed by atoms with Gasteiger partial charge in [0.1, 0.15) is 17.4 Å². The van der Waals surface area contributed by atoms with Gasteiger partial charge in [-0.2, -0.15) is 0 Å². The van der Waals surface area contributed by atoms with Crippen LogP contribution in [0.3, 0.4) is 0 Å². The van der Waals surface area contributed by atoms with Gasteiger partial charge in [-0.25, -0.2) is 4.79 Å².